The first-order chi connectivity index (χ1) is 8.74. The zero-order valence-electron chi connectivity index (χ0n) is 10.9. The molecule has 1 saturated heterocycles. The zero-order chi connectivity index (χ0) is 12.5. The average molecular weight is 282 g/mol. The molecule has 1 saturated carbocycles. The van der Waals surface area contributed by atoms with Crippen LogP contribution >= 0.6 is 12.4 Å². The minimum atomic E-state index is 0. The molecule has 3 rings (SSSR count). The predicted molar refractivity (Wildman–Crippen MR) is 77.2 cm³/mol. The minimum Gasteiger partial charge on any atom is -0.384 e. The summed E-state index contributed by atoms with van der Waals surface area (Å²) in [7, 11) is 0. The van der Waals surface area contributed by atoms with Gasteiger partial charge in [0.15, 0.2) is 0 Å². The number of nitrogens with two attached hydrogens (primary N) is 1. The Balaban J connectivity index is 0.00000133. The van der Waals surface area contributed by atoms with E-state index in [0.717, 1.165) is 13.1 Å². The highest BCUT2D eigenvalue weighted by atomic mass is 35.5. The highest BCUT2D eigenvalue weighted by molar-refractivity contribution is 5.92. The molecule has 0 radical (unpaired) electrons. The van der Waals surface area contributed by atoms with Crippen LogP contribution in [-0.2, 0) is 0 Å². The predicted octanol–water partition coefficient (Wildman–Crippen LogP) is 2.35. The number of halogens is 1. The number of hydrogen-bond acceptors (Lipinski definition) is 3. The SMILES string of the molecule is Cl.Nc1cccc(C(=O)N2CC3CCCCC3C2)n1. The Bertz CT molecular complexity index is 452. The molecule has 2 heterocycles. The Hall–Kier alpha value is -1.29. The molecule has 1 aliphatic carbocycles. The monoisotopic (exact) mass is 281 g/mol. The van der Waals surface area contributed by atoms with Gasteiger partial charge in [-0.2, -0.15) is 0 Å². The fourth-order valence-electron chi connectivity index (χ4n) is 3.30. The highest BCUT2D eigenvalue weighted by Gasteiger charge is 2.36. The summed E-state index contributed by atoms with van der Waals surface area (Å²) in [4.78, 5) is 18.4. The molecule has 2 aliphatic rings. The van der Waals surface area contributed by atoms with E-state index in [4.69, 9.17) is 5.73 Å². The van der Waals surface area contributed by atoms with Gasteiger partial charge < -0.3 is 10.6 Å². The lowest BCUT2D eigenvalue weighted by atomic mass is 9.82. The second kappa shape index (κ2) is 5.78. The molecular formula is C14H20ClN3O. The van der Waals surface area contributed by atoms with E-state index in [-0.39, 0.29) is 18.3 Å². The number of anilines is 1. The second-order valence-electron chi connectivity index (χ2n) is 5.46. The zero-order valence-corrected chi connectivity index (χ0v) is 11.7. The molecular weight excluding hydrogens is 262 g/mol. The summed E-state index contributed by atoms with van der Waals surface area (Å²) in [5.74, 6) is 1.88. The third kappa shape index (κ3) is 2.84. The van der Waals surface area contributed by atoms with Crippen LogP contribution in [0.2, 0.25) is 0 Å². The van der Waals surface area contributed by atoms with Gasteiger partial charge in [0.05, 0.1) is 0 Å². The lowest BCUT2D eigenvalue weighted by Gasteiger charge is -2.22. The molecule has 4 nitrogen and oxygen atoms in total. The lowest BCUT2D eigenvalue weighted by Crippen LogP contribution is -2.29. The van der Waals surface area contributed by atoms with Crippen molar-refractivity contribution in [2.75, 3.05) is 18.8 Å². The van der Waals surface area contributed by atoms with Crippen molar-refractivity contribution in [3.05, 3.63) is 23.9 Å². The van der Waals surface area contributed by atoms with Gasteiger partial charge in [-0.1, -0.05) is 18.9 Å². The number of nitrogen functional groups attached to an aromatic ring is 1. The lowest BCUT2D eigenvalue weighted by molar-refractivity contribution is 0.0778. The van der Waals surface area contributed by atoms with Crippen LogP contribution in [0.15, 0.2) is 18.2 Å². The Kier molecular flexibility index (Phi) is 4.30. The molecule has 1 aromatic heterocycles. The molecule has 0 spiro atoms. The van der Waals surface area contributed by atoms with Crippen molar-refractivity contribution in [2.45, 2.75) is 25.7 Å². The van der Waals surface area contributed by atoms with Crippen LogP contribution in [0.1, 0.15) is 36.2 Å². The smallest absolute Gasteiger partial charge is 0.272 e. The Morgan fingerprint density at radius 2 is 1.84 bits per heavy atom. The Morgan fingerprint density at radius 1 is 1.21 bits per heavy atom. The number of aromatic nitrogens is 1. The number of nitrogens with zero attached hydrogens (tertiary/aromatic N) is 2. The topological polar surface area (TPSA) is 59.2 Å². The van der Waals surface area contributed by atoms with Crippen LogP contribution in [0.3, 0.4) is 0 Å². The highest BCUT2D eigenvalue weighted by Crippen LogP contribution is 2.36. The van der Waals surface area contributed by atoms with Crippen LogP contribution < -0.4 is 5.73 Å². The van der Waals surface area contributed by atoms with E-state index >= 15 is 0 Å². The molecule has 1 aliphatic heterocycles. The summed E-state index contributed by atoms with van der Waals surface area (Å²) in [6, 6.07) is 5.25. The van der Waals surface area contributed by atoms with Crippen molar-refractivity contribution >= 4 is 24.1 Å². The van der Waals surface area contributed by atoms with Crippen LogP contribution in [-0.4, -0.2) is 28.9 Å². The standard InChI is InChI=1S/C14H19N3O.ClH/c15-13-7-3-6-12(16-13)14(18)17-8-10-4-1-2-5-11(10)9-17;/h3,6-7,10-11H,1-2,4-5,8-9H2,(H2,15,16);1H. The van der Waals surface area contributed by atoms with E-state index < -0.39 is 0 Å². The molecule has 5 heteroatoms. The van der Waals surface area contributed by atoms with Crippen LogP contribution in [0.25, 0.3) is 0 Å². The van der Waals surface area contributed by atoms with Crippen LogP contribution in [0.4, 0.5) is 5.82 Å². The quantitative estimate of drug-likeness (QED) is 0.860. The average Bonchev–Trinajstić information content (AvgIpc) is 2.81. The van der Waals surface area contributed by atoms with Gasteiger partial charge >= 0.3 is 0 Å². The number of hydrogen-bond donors (Lipinski definition) is 1. The van der Waals surface area contributed by atoms with E-state index in [9.17, 15) is 4.79 Å². The maximum Gasteiger partial charge on any atom is 0.272 e. The molecule has 2 atom stereocenters. The number of carbonyl (C=O) groups excluding carboxylic acids is 1. The van der Waals surface area contributed by atoms with E-state index in [1.165, 1.54) is 25.7 Å². The maximum absolute atomic E-state index is 12.4. The Labute approximate surface area is 119 Å². The molecule has 0 bridgehead atoms. The number of likely N-dealkylation sites (tertiary alicyclic amines) is 1. The molecule has 2 fully saturated rings. The van der Waals surface area contributed by atoms with Gasteiger partial charge in [0.2, 0.25) is 0 Å². The number of pyridine rings is 1. The number of fused-ring (bicyclic) bond motifs is 1. The molecule has 19 heavy (non-hydrogen) atoms. The van der Waals surface area contributed by atoms with E-state index in [1.807, 2.05) is 4.90 Å². The molecule has 0 aromatic carbocycles. The Morgan fingerprint density at radius 3 is 2.42 bits per heavy atom. The third-order valence-corrected chi connectivity index (χ3v) is 4.25. The van der Waals surface area contributed by atoms with Gasteiger partial charge in [0.1, 0.15) is 11.5 Å². The van der Waals surface area contributed by atoms with Gasteiger partial charge in [-0.25, -0.2) is 4.98 Å². The first-order valence-corrected chi connectivity index (χ1v) is 6.76. The molecule has 1 amide bonds. The molecule has 2 unspecified atom stereocenters. The van der Waals surface area contributed by atoms with E-state index in [1.54, 1.807) is 18.2 Å². The number of carbonyl (C=O) groups is 1. The molecule has 104 valence electrons. The van der Waals surface area contributed by atoms with Crippen molar-refractivity contribution in [2.24, 2.45) is 11.8 Å². The van der Waals surface area contributed by atoms with Gasteiger partial charge in [-0.3, -0.25) is 4.79 Å². The van der Waals surface area contributed by atoms with Gasteiger partial charge in [0.25, 0.3) is 5.91 Å². The first-order valence-electron chi connectivity index (χ1n) is 6.76. The normalized spacial score (nSPS) is 25.6. The minimum absolute atomic E-state index is 0. The largest absolute Gasteiger partial charge is 0.384 e. The summed E-state index contributed by atoms with van der Waals surface area (Å²) in [5, 5.41) is 0. The van der Waals surface area contributed by atoms with Gasteiger partial charge in [-0.05, 0) is 36.8 Å². The summed E-state index contributed by atoms with van der Waals surface area (Å²) < 4.78 is 0. The van der Waals surface area contributed by atoms with Crippen molar-refractivity contribution in [1.82, 2.24) is 9.88 Å². The van der Waals surface area contributed by atoms with Crippen molar-refractivity contribution in [3.8, 4) is 0 Å². The number of amides is 1. The first kappa shape index (κ1) is 14.1. The van der Waals surface area contributed by atoms with Crippen molar-refractivity contribution < 1.29 is 4.79 Å². The van der Waals surface area contributed by atoms with Crippen LogP contribution in [0.5, 0.6) is 0 Å². The summed E-state index contributed by atoms with van der Waals surface area (Å²) >= 11 is 0. The fraction of sp³-hybridized carbons (Fsp3) is 0.571. The van der Waals surface area contributed by atoms with Gasteiger partial charge in [0, 0.05) is 13.1 Å². The van der Waals surface area contributed by atoms with Gasteiger partial charge in [-0.15, -0.1) is 12.4 Å². The van der Waals surface area contributed by atoms with Crippen molar-refractivity contribution in [1.29, 1.82) is 0 Å². The summed E-state index contributed by atoms with van der Waals surface area (Å²) in [6.07, 6.45) is 5.19. The number of rotatable bonds is 1. The summed E-state index contributed by atoms with van der Waals surface area (Å²) in [5.41, 5.74) is 6.11. The fourth-order valence-corrected chi connectivity index (χ4v) is 3.30. The van der Waals surface area contributed by atoms with E-state index in [0.29, 0.717) is 23.3 Å². The molecule has 2 N–H and O–H groups in total. The van der Waals surface area contributed by atoms with Crippen LogP contribution in [0, 0.1) is 11.8 Å². The van der Waals surface area contributed by atoms with E-state index in [2.05, 4.69) is 4.98 Å². The van der Waals surface area contributed by atoms with Crippen molar-refractivity contribution in [3.63, 3.8) is 0 Å². The maximum atomic E-state index is 12.4. The second-order valence-corrected chi connectivity index (χ2v) is 5.46. The third-order valence-electron chi connectivity index (χ3n) is 4.25. The molecule has 1 aromatic rings. The summed E-state index contributed by atoms with van der Waals surface area (Å²) in [6.45, 7) is 1.81.